The summed E-state index contributed by atoms with van der Waals surface area (Å²) in [7, 11) is 0. The van der Waals surface area contributed by atoms with Crippen molar-refractivity contribution in [3.8, 4) is 0 Å². The van der Waals surface area contributed by atoms with Gasteiger partial charge in [-0.25, -0.2) is 0 Å². The van der Waals surface area contributed by atoms with Crippen molar-refractivity contribution in [2.45, 2.75) is 111 Å². The Morgan fingerprint density at radius 1 is 0.759 bits per heavy atom. The van der Waals surface area contributed by atoms with Crippen molar-refractivity contribution in [2.75, 3.05) is 0 Å². The Morgan fingerprint density at radius 2 is 1.34 bits per heavy atom. The van der Waals surface area contributed by atoms with Gasteiger partial charge in [0.2, 0.25) is 0 Å². The van der Waals surface area contributed by atoms with Crippen LogP contribution in [0, 0.1) is 45.8 Å². The molecule has 3 heteroatoms. The third kappa shape index (κ3) is 2.61. The molecule has 0 aromatic heterocycles. The van der Waals surface area contributed by atoms with Crippen molar-refractivity contribution in [3.63, 3.8) is 0 Å². The monoisotopic (exact) mass is 402 g/mol. The summed E-state index contributed by atoms with van der Waals surface area (Å²) >= 11 is 0. The van der Waals surface area contributed by atoms with E-state index in [4.69, 9.17) is 4.74 Å². The minimum absolute atomic E-state index is 0.0193. The lowest BCUT2D eigenvalue weighted by Crippen LogP contribution is -2.60. The Kier molecular flexibility index (Phi) is 4.37. The lowest BCUT2D eigenvalue weighted by Gasteiger charge is -2.65. The predicted octanol–water partition coefficient (Wildman–Crippen LogP) is 5.74. The van der Waals surface area contributed by atoms with E-state index >= 15 is 0 Å². The maximum atomic E-state index is 11.9. The number of hydrogen-bond acceptors (Lipinski definition) is 3. The molecule has 1 heterocycles. The van der Waals surface area contributed by atoms with Crippen LogP contribution in [0.5, 0.6) is 0 Å². The normalized spacial score (nSPS) is 56.3. The summed E-state index contributed by atoms with van der Waals surface area (Å²) in [6.07, 6.45) is 11.4. The van der Waals surface area contributed by atoms with Gasteiger partial charge in [-0.2, -0.15) is 0 Å². The molecule has 0 amide bonds. The lowest BCUT2D eigenvalue weighted by molar-refractivity contribution is -0.188. The molecule has 0 unspecified atom stereocenters. The first-order valence-corrected chi connectivity index (χ1v) is 12.4. The zero-order valence-electron chi connectivity index (χ0n) is 19.3. The van der Waals surface area contributed by atoms with Crippen LogP contribution in [0.15, 0.2) is 0 Å². The summed E-state index contributed by atoms with van der Waals surface area (Å²) in [6, 6.07) is 0. The molecule has 5 rings (SSSR count). The van der Waals surface area contributed by atoms with Crippen LogP contribution in [0.1, 0.15) is 98.8 Å². The van der Waals surface area contributed by atoms with Gasteiger partial charge in [-0.15, -0.1) is 0 Å². The molecule has 0 radical (unpaired) electrons. The summed E-state index contributed by atoms with van der Waals surface area (Å²) in [5.74, 6) is 3.53. The molecule has 4 saturated carbocycles. The zero-order valence-corrected chi connectivity index (χ0v) is 19.3. The molecular formula is C26H42O3. The molecule has 164 valence electrons. The van der Waals surface area contributed by atoms with E-state index in [0.717, 1.165) is 24.7 Å². The largest absolute Gasteiger partial charge is 0.459 e. The minimum Gasteiger partial charge on any atom is -0.459 e. The lowest BCUT2D eigenvalue weighted by atomic mass is 9.40. The first-order chi connectivity index (χ1) is 13.5. The number of fused-ring (bicyclic) bond motifs is 5. The van der Waals surface area contributed by atoms with Gasteiger partial charge in [0, 0.05) is 12.3 Å². The van der Waals surface area contributed by atoms with Crippen LogP contribution in [0.4, 0.5) is 0 Å². The summed E-state index contributed by atoms with van der Waals surface area (Å²) in [4.78, 5) is 11.9. The van der Waals surface area contributed by atoms with Crippen molar-refractivity contribution in [3.05, 3.63) is 0 Å². The molecule has 0 bridgehead atoms. The summed E-state index contributed by atoms with van der Waals surface area (Å²) < 4.78 is 5.94. The van der Waals surface area contributed by atoms with E-state index in [0.29, 0.717) is 35.0 Å². The SMILES string of the molecule is CC1(C)[C@H](O)CC[C@]2(C)[C@H]3CC[C@@H]4[C@@H]([C@]5(C)CCC(=O)O5)CC[C@@]4(C)[C@@H]3CC[C@@H]12. The standard InChI is InChI=1S/C26H42O3/c1-23(2)20-9-8-16-17(25(20,4)14-11-21(23)27)6-7-18-19(10-13-24(16,18)3)26(5)15-12-22(28)29-26/h16-21,27H,6-15H2,1-5H3/t16-,17+,18-,19+,20+,21-,24+,25-,26+/m1/s1. The highest BCUT2D eigenvalue weighted by Crippen LogP contribution is 2.71. The summed E-state index contributed by atoms with van der Waals surface area (Å²) in [6.45, 7) is 12.1. The van der Waals surface area contributed by atoms with Gasteiger partial charge in [-0.3, -0.25) is 4.79 Å². The van der Waals surface area contributed by atoms with Crippen LogP contribution in [-0.4, -0.2) is 22.8 Å². The predicted molar refractivity (Wildman–Crippen MR) is 114 cm³/mol. The number of carbonyl (C=O) groups is 1. The third-order valence-electron chi connectivity index (χ3n) is 11.5. The number of aliphatic hydroxyl groups is 1. The van der Waals surface area contributed by atoms with E-state index in [2.05, 4.69) is 34.6 Å². The molecule has 1 N–H and O–H groups in total. The fourth-order valence-electron chi connectivity index (χ4n) is 9.92. The van der Waals surface area contributed by atoms with E-state index in [1.165, 1.54) is 44.9 Å². The first kappa shape index (κ1) is 20.3. The van der Waals surface area contributed by atoms with Crippen molar-refractivity contribution >= 4 is 5.97 Å². The van der Waals surface area contributed by atoms with Crippen LogP contribution in [0.25, 0.3) is 0 Å². The Balaban J connectivity index is 1.44. The maximum absolute atomic E-state index is 11.9. The molecule has 5 fully saturated rings. The number of rotatable bonds is 1. The average molecular weight is 403 g/mol. The van der Waals surface area contributed by atoms with E-state index in [9.17, 15) is 9.90 Å². The van der Waals surface area contributed by atoms with Gasteiger partial charge in [-0.05, 0) is 105 Å². The quantitative estimate of drug-likeness (QED) is 0.569. The number of ether oxygens (including phenoxy) is 1. The van der Waals surface area contributed by atoms with Crippen molar-refractivity contribution in [1.82, 2.24) is 0 Å². The highest BCUT2D eigenvalue weighted by atomic mass is 16.6. The van der Waals surface area contributed by atoms with Crippen molar-refractivity contribution in [2.24, 2.45) is 45.8 Å². The molecule has 0 aromatic rings. The number of aliphatic hydroxyl groups excluding tert-OH is 1. The molecule has 0 aromatic carbocycles. The van der Waals surface area contributed by atoms with Crippen LogP contribution in [0.3, 0.4) is 0 Å². The van der Waals surface area contributed by atoms with Crippen LogP contribution in [-0.2, 0) is 9.53 Å². The van der Waals surface area contributed by atoms with Gasteiger partial charge >= 0.3 is 5.97 Å². The Labute approximate surface area is 177 Å². The van der Waals surface area contributed by atoms with E-state index in [1.54, 1.807) is 0 Å². The molecule has 3 nitrogen and oxygen atoms in total. The zero-order chi connectivity index (χ0) is 20.8. The van der Waals surface area contributed by atoms with Gasteiger partial charge < -0.3 is 9.84 Å². The van der Waals surface area contributed by atoms with Crippen molar-refractivity contribution < 1.29 is 14.6 Å². The second-order valence-electron chi connectivity index (χ2n) is 12.8. The van der Waals surface area contributed by atoms with Gasteiger partial charge in [0.15, 0.2) is 0 Å². The molecule has 29 heavy (non-hydrogen) atoms. The summed E-state index contributed by atoms with van der Waals surface area (Å²) in [5.41, 5.74) is 0.602. The Bertz CT molecular complexity index is 700. The number of carbonyl (C=O) groups excluding carboxylic acids is 1. The maximum Gasteiger partial charge on any atom is 0.306 e. The van der Waals surface area contributed by atoms with Gasteiger partial charge in [0.05, 0.1) is 6.10 Å². The number of cyclic esters (lactones) is 1. The molecule has 9 atom stereocenters. The summed E-state index contributed by atoms with van der Waals surface area (Å²) in [5, 5.41) is 10.8. The topological polar surface area (TPSA) is 46.5 Å². The minimum atomic E-state index is -0.218. The molecular weight excluding hydrogens is 360 g/mol. The molecule has 5 aliphatic rings. The van der Waals surface area contributed by atoms with Gasteiger partial charge in [0.1, 0.15) is 5.60 Å². The average Bonchev–Trinajstić information content (AvgIpc) is 3.19. The van der Waals surface area contributed by atoms with Crippen molar-refractivity contribution in [1.29, 1.82) is 0 Å². The van der Waals surface area contributed by atoms with Gasteiger partial charge in [0.25, 0.3) is 0 Å². The fraction of sp³-hybridized carbons (Fsp3) is 0.962. The van der Waals surface area contributed by atoms with Crippen LogP contribution in [0.2, 0.25) is 0 Å². The molecule has 1 saturated heterocycles. The Morgan fingerprint density at radius 3 is 2.00 bits per heavy atom. The molecule has 4 aliphatic carbocycles. The highest BCUT2D eigenvalue weighted by Gasteiger charge is 2.65. The second kappa shape index (κ2) is 6.24. The molecule has 0 spiro atoms. The number of esters is 1. The van der Waals surface area contributed by atoms with E-state index in [-0.39, 0.29) is 23.1 Å². The van der Waals surface area contributed by atoms with E-state index in [1.807, 2.05) is 0 Å². The highest BCUT2D eigenvalue weighted by molar-refractivity contribution is 5.72. The van der Waals surface area contributed by atoms with Gasteiger partial charge in [-0.1, -0.05) is 27.7 Å². The number of hydrogen-bond donors (Lipinski definition) is 1. The van der Waals surface area contributed by atoms with E-state index < -0.39 is 0 Å². The molecule has 1 aliphatic heterocycles. The van der Waals surface area contributed by atoms with Crippen LogP contribution < -0.4 is 0 Å². The smallest absolute Gasteiger partial charge is 0.306 e. The second-order valence-corrected chi connectivity index (χ2v) is 12.8. The van der Waals surface area contributed by atoms with Crippen LogP contribution >= 0.6 is 0 Å². The Hall–Kier alpha value is -0.570. The first-order valence-electron chi connectivity index (χ1n) is 12.4. The third-order valence-corrected chi connectivity index (χ3v) is 11.5. The fourth-order valence-corrected chi connectivity index (χ4v) is 9.92.